The van der Waals surface area contributed by atoms with E-state index in [4.69, 9.17) is 39.9 Å². The van der Waals surface area contributed by atoms with Crippen molar-refractivity contribution in [3.05, 3.63) is 38.3 Å². The van der Waals surface area contributed by atoms with Gasteiger partial charge in [-0.05, 0) is 18.6 Å². The lowest BCUT2D eigenvalue weighted by Gasteiger charge is -2.25. The Morgan fingerprint density at radius 2 is 2.14 bits per heavy atom. The molecule has 2 N–H and O–H groups in total. The second kappa shape index (κ2) is 9.54. The molecule has 0 radical (unpaired) electrons. The monoisotopic (exact) mass is 479 g/mol. The Bertz CT molecular complexity index is 894. The van der Waals surface area contributed by atoms with Gasteiger partial charge in [0.2, 0.25) is 5.91 Å². The molecule has 1 aliphatic rings. The Morgan fingerprint density at radius 1 is 1.36 bits per heavy atom. The van der Waals surface area contributed by atoms with Crippen LogP contribution >= 0.6 is 57.9 Å². The van der Waals surface area contributed by atoms with Crippen LogP contribution < -0.4 is 5.32 Å². The molecule has 1 saturated heterocycles. The molecule has 11 heteroatoms. The van der Waals surface area contributed by atoms with E-state index >= 15 is 0 Å². The molecule has 0 saturated carbocycles. The highest BCUT2D eigenvalue weighted by Crippen LogP contribution is 2.36. The lowest BCUT2D eigenvalue weighted by molar-refractivity contribution is -0.128. The van der Waals surface area contributed by atoms with Crippen LogP contribution in [-0.4, -0.2) is 51.8 Å². The molecule has 1 aromatic heterocycles. The number of nitrogens with zero attached hydrogens (tertiary/aromatic N) is 2. The molecule has 0 aliphatic carbocycles. The summed E-state index contributed by atoms with van der Waals surface area (Å²) in [6.07, 6.45) is 1.27. The molecule has 1 aromatic carbocycles. The molecule has 1 aliphatic heterocycles. The first kappa shape index (κ1) is 21.5. The maximum atomic E-state index is 12.2. The highest BCUT2D eigenvalue weighted by Gasteiger charge is 2.30. The number of rotatable bonds is 8. The first-order valence-electron chi connectivity index (χ1n) is 8.35. The molecule has 150 valence electrons. The number of carboxylic acid groups (broad SMARTS) is 1. The molecule has 0 unspecified atom stereocenters. The van der Waals surface area contributed by atoms with E-state index < -0.39 is 5.97 Å². The number of thiazole rings is 1. The number of hydrogen-bond acceptors (Lipinski definition) is 6. The van der Waals surface area contributed by atoms with Crippen molar-refractivity contribution in [1.82, 2.24) is 9.88 Å². The number of anilines is 1. The van der Waals surface area contributed by atoms with Crippen molar-refractivity contribution in [2.75, 3.05) is 24.2 Å². The van der Waals surface area contributed by atoms with E-state index in [1.54, 1.807) is 12.1 Å². The van der Waals surface area contributed by atoms with E-state index in [0.717, 1.165) is 6.42 Å². The average molecular weight is 481 g/mol. The molecule has 1 atom stereocenters. The first-order valence-corrected chi connectivity index (χ1v) is 11.3. The quantitative estimate of drug-likeness (QED) is 0.409. The van der Waals surface area contributed by atoms with Crippen molar-refractivity contribution >= 4 is 75.5 Å². The number of carboxylic acids is 1. The minimum atomic E-state index is -1.04. The fourth-order valence-corrected chi connectivity index (χ4v) is 5.27. The Morgan fingerprint density at radius 3 is 2.86 bits per heavy atom. The molecule has 0 bridgehead atoms. The minimum Gasteiger partial charge on any atom is -0.476 e. The van der Waals surface area contributed by atoms with Crippen LogP contribution in [-0.2, 0) is 4.79 Å². The zero-order chi connectivity index (χ0) is 20.3. The maximum Gasteiger partial charge on any atom is 0.355 e. The summed E-state index contributed by atoms with van der Waals surface area (Å²) in [7, 11) is 0. The number of carbonyl (C=O) groups excluding carboxylic acids is 1. The van der Waals surface area contributed by atoms with E-state index in [-0.39, 0.29) is 17.6 Å². The van der Waals surface area contributed by atoms with Crippen molar-refractivity contribution in [2.24, 2.45) is 0 Å². The second-order valence-corrected chi connectivity index (χ2v) is 9.40. The molecule has 0 spiro atoms. The molecule has 1 fully saturated rings. The number of benzene rings is 1. The van der Waals surface area contributed by atoms with Crippen LogP contribution in [0.2, 0.25) is 15.1 Å². The van der Waals surface area contributed by atoms with Crippen molar-refractivity contribution in [1.29, 1.82) is 0 Å². The van der Waals surface area contributed by atoms with Crippen molar-refractivity contribution in [3.8, 4) is 0 Å². The molecule has 2 heterocycles. The average Bonchev–Trinajstić information content (AvgIpc) is 3.27. The van der Waals surface area contributed by atoms with Gasteiger partial charge in [-0.2, -0.15) is 0 Å². The smallest absolute Gasteiger partial charge is 0.355 e. The van der Waals surface area contributed by atoms with Gasteiger partial charge < -0.3 is 15.3 Å². The number of aromatic nitrogens is 1. The number of thioether (sulfide) groups is 1. The summed E-state index contributed by atoms with van der Waals surface area (Å²) < 4.78 is 0.682. The predicted molar refractivity (Wildman–Crippen MR) is 114 cm³/mol. The van der Waals surface area contributed by atoms with Crippen LogP contribution in [0.5, 0.6) is 0 Å². The number of hydrogen-bond donors (Lipinski definition) is 2. The summed E-state index contributed by atoms with van der Waals surface area (Å²) in [5, 5.41) is 14.7. The lowest BCUT2D eigenvalue weighted by atomic mass is 10.2. The number of aromatic carboxylic acids is 1. The Hall–Kier alpha value is -1.19. The lowest BCUT2D eigenvalue weighted by Crippen LogP contribution is -2.39. The van der Waals surface area contributed by atoms with Gasteiger partial charge in [-0.1, -0.05) is 46.6 Å². The van der Waals surface area contributed by atoms with Gasteiger partial charge in [-0.15, -0.1) is 11.3 Å². The SMILES string of the molecule is O=C(O)c1csc(SCCN2C(=O)CC[C@@H]2CNc2ccc(Cl)c(Cl)c2Cl)n1. The molecule has 3 rings (SSSR count). The summed E-state index contributed by atoms with van der Waals surface area (Å²) in [5.74, 6) is -0.287. The predicted octanol–water partition coefficient (Wildman–Crippen LogP) is 5.00. The normalized spacial score (nSPS) is 16.6. The number of carbonyl (C=O) groups is 2. The highest BCUT2D eigenvalue weighted by molar-refractivity contribution is 8.01. The molecule has 2 aromatic rings. The third-order valence-electron chi connectivity index (χ3n) is 4.28. The summed E-state index contributed by atoms with van der Waals surface area (Å²) in [6.45, 7) is 1.11. The second-order valence-electron chi connectivity index (χ2n) is 6.04. The Kier molecular flexibility index (Phi) is 7.33. The van der Waals surface area contributed by atoms with Gasteiger partial charge in [0.25, 0.3) is 0 Å². The maximum absolute atomic E-state index is 12.2. The third kappa shape index (κ3) is 5.04. The third-order valence-corrected chi connectivity index (χ3v) is 7.57. The Labute approximate surface area is 185 Å². The number of nitrogens with one attached hydrogen (secondary N) is 1. The number of amides is 1. The summed E-state index contributed by atoms with van der Waals surface area (Å²) >= 11 is 21.0. The van der Waals surface area contributed by atoms with E-state index in [2.05, 4.69) is 10.3 Å². The van der Waals surface area contributed by atoms with Crippen LogP contribution in [0.1, 0.15) is 23.3 Å². The zero-order valence-electron chi connectivity index (χ0n) is 14.5. The van der Waals surface area contributed by atoms with E-state index in [1.165, 1.54) is 28.5 Å². The van der Waals surface area contributed by atoms with E-state index in [1.807, 2.05) is 4.90 Å². The summed E-state index contributed by atoms with van der Waals surface area (Å²) in [5.41, 5.74) is 0.721. The summed E-state index contributed by atoms with van der Waals surface area (Å²) in [4.78, 5) is 29.0. The van der Waals surface area contributed by atoms with Crippen molar-refractivity contribution in [3.63, 3.8) is 0 Å². The van der Waals surface area contributed by atoms with Gasteiger partial charge >= 0.3 is 5.97 Å². The van der Waals surface area contributed by atoms with Gasteiger partial charge in [0.1, 0.15) is 0 Å². The zero-order valence-corrected chi connectivity index (χ0v) is 18.4. The molecular weight excluding hydrogens is 465 g/mol. The van der Waals surface area contributed by atoms with Crippen molar-refractivity contribution < 1.29 is 14.7 Å². The van der Waals surface area contributed by atoms with Crippen LogP contribution in [0.4, 0.5) is 5.69 Å². The molecule has 6 nitrogen and oxygen atoms in total. The van der Waals surface area contributed by atoms with Crippen LogP contribution in [0.3, 0.4) is 0 Å². The van der Waals surface area contributed by atoms with Gasteiger partial charge in [0.15, 0.2) is 10.0 Å². The minimum absolute atomic E-state index is 0.0458. The fourth-order valence-electron chi connectivity index (χ4n) is 2.86. The standard InChI is InChI=1S/C17H16Cl3N3O3S2/c18-10-2-3-11(15(20)14(10)19)21-7-9-1-4-13(24)23(9)5-6-27-17-22-12(8-28-17)16(25)26/h2-3,8-9,21H,1,4-7H2,(H,25,26)/t9-/m1/s1. The summed E-state index contributed by atoms with van der Waals surface area (Å²) in [6, 6.07) is 3.48. The van der Waals surface area contributed by atoms with E-state index in [0.29, 0.717) is 50.4 Å². The Balaban J connectivity index is 1.54. The van der Waals surface area contributed by atoms with Gasteiger partial charge in [-0.3, -0.25) is 4.79 Å². The number of halogens is 3. The van der Waals surface area contributed by atoms with Gasteiger partial charge in [-0.25, -0.2) is 9.78 Å². The van der Waals surface area contributed by atoms with Crippen LogP contribution in [0.15, 0.2) is 21.9 Å². The van der Waals surface area contributed by atoms with Crippen LogP contribution in [0, 0.1) is 0 Å². The first-order chi connectivity index (χ1) is 13.4. The number of likely N-dealkylation sites (tertiary alicyclic amines) is 1. The van der Waals surface area contributed by atoms with E-state index in [9.17, 15) is 9.59 Å². The van der Waals surface area contributed by atoms with Crippen molar-refractivity contribution in [2.45, 2.75) is 23.2 Å². The van der Waals surface area contributed by atoms with Gasteiger partial charge in [0.05, 0.1) is 20.8 Å². The topological polar surface area (TPSA) is 82.5 Å². The molecule has 1 amide bonds. The van der Waals surface area contributed by atoms with Crippen LogP contribution in [0.25, 0.3) is 0 Å². The highest BCUT2D eigenvalue weighted by atomic mass is 35.5. The van der Waals surface area contributed by atoms with Gasteiger partial charge in [0, 0.05) is 36.7 Å². The largest absolute Gasteiger partial charge is 0.476 e. The molecular formula is C17H16Cl3N3O3S2. The fraction of sp³-hybridized carbons (Fsp3) is 0.353. The molecule has 28 heavy (non-hydrogen) atoms.